The SMILES string of the molecule is O=C(Oc1cccc2cccnc12)c1cc(-c2ccc(Cl)cc2)nc2ccccc12. The summed E-state index contributed by atoms with van der Waals surface area (Å²) in [5, 5.41) is 2.28. The second kappa shape index (κ2) is 7.58. The zero-order chi connectivity index (χ0) is 20.5. The first kappa shape index (κ1) is 18.3. The lowest BCUT2D eigenvalue weighted by molar-refractivity contribution is 0.0739. The van der Waals surface area contributed by atoms with Crippen molar-refractivity contribution in [3.63, 3.8) is 0 Å². The number of halogens is 1. The van der Waals surface area contributed by atoms with E-state index in [-0.39, 0.29) is 0 Å². The highest BCUT2D eigenvalue weighted by molar-refractivity contribution is 6.30. The zero-order valence-electron chi connectivity index (χ0n) is 15.7. The van der Waals surface area contributed by atoms with Crippen molar-refractivity contribution >= 4 is 39.4 Å². The number of nitrogens with zero attached hydrogens (tertiary/aromatic N) is 2. The Morgan fingerprint density at radius 1 is 0.867 bits per heavy atom. The molecule has 5 heteroatoms. The van der Waals surface area contributed by atoms with E-state index in [4.69, 9.17) is 21.3 Å². The van der Waals surface area contributed by atoms with E-state index in [1.165, 1.54) is 0 Å². The smallest absolute Gasteiger partial charge is 0.344 e. The average molecular weight is 411 g/mol. The highest BCUT2D eigenvalue weighted by Crippen LogP contribution is 2.28. The molecule has 30 heavy (non-hydrogen) atoms. The Morgan fingerprint density at radius 3 is 2.53 bits per heavy atom. The highest BCUT2D eigenvalue weighted by Gasteiger charge is 2.17. The summed E-state index contributed by atoms with van der Waals surface area (Å²) < 4.78 is 5.78. The lowest BCUT2D eigenvalue weighted by atomic mass is 10.0. The second-order valence-corrected chi connectivity index (χ2v) is 7.24. The molecule has 0 saturated carbocycles. The van der Waals surface area contributed by atoms with Gasteiger partial charge in [-0.1, -0.05) is 60.1 Å². The van der Waals surface area contributed by atoms with Gasteiger partial charge < -0.3 is 4.74 Å². The van der Waals surface area contributed by atoms with Crippen molar-refractivity contribution in [2.75, 3.05) is 0 Å². The van der Waals surface area contributed by atoms with Crippen LogP contribution in [0.1, 0.15) is 10.4 Å². The Morgan fingerprint density at radius 2 is 1.67 bits per heavy atom. The summed E-state index contributed by atoms with van der Waals surface area (Å²) in [5.74, 6) is -0.0333. The summed E-state index contributed by atoms with van der Waals surface area (Å²) in [7, 11) is 0. The minimum absolute atomic E-state index is 0.423. The van der Waals surface area contributed by atoms with Crippen molar-refractivity contribution in [3.8, 4) is 17.0 Å². The first-order chi connectivity index (χ1) is 14.7. The van der Waals surface area contributed by atoms with Crippen LogP contribution in [-0.4, -0.2) is 15.9 Å². The third kappa shape index (κ3) is 3.38. The monoisotopic (exact) mass is 410 g/mol. The van der Waals surface area contributed by atoms with Crippen LogP contribution >= 0.6 is 11.6 Å². The molecular weight excluding hydrogens is 396 g/mol. The maximum Gasteiger partial charge on any atom is 0.344 e. The van der Waals surface area contributed by atoms with Gasteiger partial charge in [0.25, 0.3) is 0 Å². The largest absolute Gasteiger partial charge is 0.421 e. The number of hydrogen-bond acceptors (Lipinski definition) is 4. The van der Waals surface area contributed by atoms with E-state index in [0.29, 0.717) is 33.1 Å². The van der Waals surface area contributed by atoms with Crippen molar-refractivity contribution in [1.29, 1.82) is 0 Å². The van der Waals surface area contributed by atoms with E-state index in [1.807, 2.05) is 60.7 Å². The number of carbonyl (C=O) groups is 1. The molecule has 144 valence electrons. The molecular formula is C25H15ClN2O2. The van der Waals surface area contributed by atoms with Crippen LogP contribution < -0.4 is 4.74 Å². The molecule has 2 aromatic heterocycles. The summed E-state index contributed by atoms with van der Waals surface area (Å²) in [6.45, 7) is 0. The third-order valence-electron chi connectivity index (χ3n) is 4.87. The fraction of sp³-hybridized carbons (Fsp3) is 0. The standard InChI is InChI=1S/C25H15ClN2O2/c26-18-12-10-16(11-13-18)22-15-20(19-7-1-2-8-21(19)28-22)25(29)30-23-9-3-5-17-6-4-14-27-24(17)23/h1-15H. The van der Waals surface area contributed by atoms with Gasteiger partial charge in [-0.05, 0) is 36.4 Å². The van der Waals surface area contributed by atoms with Crippen molar-refractivity contribution < 1.29 is 9.53 Å². The molecule has 3 aromatic carbocycles. The fourth-order valence-electron chi connectivity index (χ4n) is 3.43. The number of pyridine rings is 2. The molecule has 2 heterocycles. The van der Waals surface area contributed by atoms with Crippen molar-refractivity contribution in [2.24, 2.45) is 0 Å². The zero-order valence-corrected chi connectivity index (χ0v) is 16.5. The second-order valence-electron chi connectivity index (χ2n) is 6.80. The number of benzene rings is 3. The van der Waals surface area contributed by atoms with Crippen LogP contribution in [0.15, 0.2) is 91.1 Å². The van der Waals surface area contributed by atoms with Crippen LogP contribution in [0.3, 0.4) is 0 Å². The van der Waals surface area contributed by atoms with Crippen molar-refractivity contribution in [3.05, 3.63) is 102 Å². The molecule has 0 amide bonds. The fourth-order valence-corrected chi connectivity index (χ4v) is 3.55. The molecule has 0 bridgehead atoms. The molecule has 0 fully saturated rings. The van der Waals surface area contributed by atoms with Gasteiger partial charge in [-0.15, -0.1) is 0 Å². The maximum atomic E-state index is 13.2. The van der Waals surface area contributed by atoms with Gasteiger partial charge in [-0.2, -0.15) is 0 Å². The molecule has 0 aliphatic rings. The molecule has 0 unspecified atom stereocenters. The van der Waals surface area contributed by atoms with Gasteiger partial charge >= 0.3 is 5.97 Å². The molecule has 5 rings (SSSR count). The predicted molar refractivity (Wildman–Crippen MR) is 119 cm³/mol. The Bertz CT molecular complexity index is 1390. The van der Waals surface area contributed by atoms with E-state index in [2.05, 4.69) is 4.98 Å². The molecule has 0 aliphatic heterocycles. The number of hydrogen-bond donors (Lipinski definition) is 0. The summed E-state index contributed by atoms with van der Waals surface area (Å²) in [6, 6.07) is 25.9. The quantitative estimate of drug-likeness (QED) is 0.258. The van der Waals surface area contributed by atoms with E-state index in [0.717, 1.165) is 16.3 Å². The number of ether oxygens (including phenoxy) is 1. The lowest BCUT2D eigenvalue weighted by Gasteiger charge is -2.11. The minimum atomic E-state index is -0.457. The molecule has 4 nitrogen and oxygen atoms in total. The lowest BCUT2D eigenvalue weighted by Crippen LogP contribution is -2.10. The number of para-hydroxylation sites is 2. The summed E-state index contributed by atoms with van der Waals surface area (Å²) in [4.78, 5) is 22.3. The van der Waals surface area contributed by atoms with Gasteiger partial charge in [0, 0.05) is 27.6 Å². The molecule has 0 radical (unpaired) electrons. The van der Waals surface area contributed by atoms with Crippen LogP contribution in [0.4, 0.5) is 0 Å². The summed E-state index contributed by atoms with van der Waals surface area (Å²) in [6.07, 6.45) is 1.68. The average Bonchev–Trinajstić information content (AvgIpc) is 2.79. The summed E-state index contributed by atoms with van der Waals surface area (Å²) in [5.41, 5.74) is 3.34. The molecule has 0 saturated heterocycles. The number of rotatable bonds is 3. The van der Waals surface area contributed by atoms with Crippen LogP contribution in [0, 0.1) is 0 Å². The molecule has 0 atom stereocenters. The van der Waals surface area contributed by atoms with Gasteiger partial charge in [-0.3, -0.25) is 4.98 Å². The van der Waals surface area contributed by atoms with Crippen LogP contribution in [0.2, 0.25) is 5.02 Å². The normalized spacial score (nSPS) is 11.0. The van der Waals surface area contributed by atoms with E-state index in [9.17, 15) is 4.79 Å². The van der Waals surface area contributed by atoms with Gasteiger partial charge in [-0.25, -0.2) is 9.78 Å². The molecule has 5 aromatic rings. The molecule has 0 aliphatic carbocycles. The van der Waals surface area contributed by atoms with Crippen LogP contribution in [-0.2, 0) is 0 Å². The predicted octanol–water partition coefficient (Wildman–Crippen LogP) is 6.32. The number of carbonyl (C=O) groups excluding carboxylic acids is 1. The number of aromatic nitrogens is 2. The molecule has 0 spiro atoms. The van der Waals surface area contributed by atoms with Gasteiger partial charge in [0.2, 0.25) is 0 Å². The Labute approximate surface area is 177 Å². The molecule has 0 N–H and O–H groups in total. The van der Waals surface area contributed by atoms with E-state index in [1.54, 1.807) is 30.5 Å². The van der Waals surface area contributed by atoms with Gasteiger partial charge in [0.05, 0.1) is 16.8 Å². The van der Waals surface area contributed by atoms with Crippen molar-refractivity contribution in [1.82, 2.24) is 9.97 Å². The summed E-state index contributed by atoms with van der Waals surface area (Å²) >= 11 is 6.01. The first-order valence-electron chi connectivity index (χ1n) is 9.41. The number of fused-ring (bicyclic) bond motifs is 2. The Kier molecular flexibility index (Phi) is 4.62. The maximum absolute atomic E-state index is 13.2. The van der Waals surface area contributed by atoms with Gasteiger partial charge in [0.1, 0.15) is 5.52 Å². The third-order valence-corrected chi connectivity index (χ3v) is 5.13. The first-order valence-corrected chi connectivity index (χ1v) is 9.78. The minimum Gasteiger partial charge on any atom is -0.421 e. The van der Waals surface area contributed by atoms with Crippen LogP contribution in [0.25, 0.3) is 33.1 Å². The topological polar surface area (TPSA) is 52.1 Å². The highest BCUT2D eigenvalue weighted by atomic mass is 35.5. The van der Waals surface area contributed by atoms with E-state index >= 15 is 0 Å². The van der Waals surface area contributed by atoms with Gasteiger partial charge in [0.15, 0.2) is 5.75 Å². The van der Waals surface area contributed by atoms with E-state index < -0.39 is 5.97 Å². The Hall–Kier alpha value is -3.76. The Balaban J connectivity index is 1.62. The van der Waals surface area contributed by atoms with Crippen LogP contribution in [0.5, 0.6) is 5.75 Å². The number of esters is 1. The van der Waals surface area contributed by atoms with Crippen molar-refractivity contribution in [2.45, 2.75) is 0 Å².